The topological polar surface area (TPSA) is 55.6 Å². The molecule has 0 radical (unpaired) electrons. The molecule has 1 aliphatic rings. The lowest BCUT2D eigenvalue weighted by Gasteiger charge is -2.14. The fourth-order valence-electron chi connectivity index (χ4n) is 2.36. The van der Waals surface area contributed by atoms with Crippen molar-refractivity contribution >= 4 is 5.69 Å². The monoisotopic (exact) mass is 264 g/mol. The zero-order valence-electron chi connectivity index (χ0n) is 11.1. The molecule has 0 amide bonds. The average molecular weight is 264 g/mol. The van der Waals surface area contributed by atoms with Crippen LogP contribution < -0.4 is 4.74 Å². The van der Waals surface area contributed by atoms with Crippen molar-refractivity contribution in [2.75, 3.05) is 26.2 Å². The van der Waals surface area contributed by atoms with Crippen LogP contribution in [0.4, 0.5) is 5.69 Å². The molecule has 1 saturated heterocycles. The summed E-state index contributed by atoms with van der Waals surface area (Å²) in [5.41, 5.74) is 0.0436. The number of nitro benzene ring substituents is 1. The molecule has 1 aromatic carbocycles. The maximum atomic E-state index is 10.8. The third-order valence-corrected chi connectivity index (χ3v) is 3.39. The van der Waals surface area contributed by atoms with E-state index in [1.54, 1.807) is 18.2 Å². The van der Waals surface area contributed by atoms with Crippen LogP contribution in [-0.4, -0.2) is 36.1 Å². The lowest BCUT2D eigenvalue weighted by Crippen LogP contribution is -2.20. The predicted molar refractivity (Wildman–Crippen MR) is 73.5 cm³/mol. The standard InChI is InChI=1S/C14H20N2O3/c17-16(18)13-7-1-2-8-14(13)19-12-6-5-11-15-9-3-4-10-15/h1-2,7-8H,3-6,9-12H2. The molecule has 0 aromatic heterocycles. The van der Waals surface area contributed by atoms with E-state index in [4.69, 9.17) is 4.74 Å². The molecule has 1 aliphatic heterocycles. The summed E-state index contributed by atoms with van der Waals surface area (Å²) in [7, 11) is 0. The molecule has 0 aliphatic carbocycles. The molecule has 0 saturated carbocycles. The van der Waals surface area contributed by atoms with Gasteiger partial charge in [-0.1, -0.05) is 12.1 Å². The Labute approximate surface area is 113 Å². The summed E-state index contributed by atoms with van der Waals surface area (Å²) in [6.07, 6.45) is 4.64. The van der Waals surface area contributed by atoms with Crippen LogP contribution in [0.2, 0.25) is 0 Å². The van der Waals surface area contributed by atoms with Gasteiger partial charge in [0.15, 0.2) is 5.75 Å². The third kappa shape index (κ3) is 4.21. The van der Waals surface area contributed by atoms with Gasteiger partial charge in [-0.05, 0) is 51.4 Å². The second-order valence-corrected chi connectivity index (χ2v) is 4.83. The molecule has 0 bridgehead atoms. The highest BCUT2D eigenvalue weighted by atomic mass is 16.6. The van der Waals surface area contributed by atoms with Crippen molar-refractivity contribution in [3.05, 3.63) is 34.4 Å². The zero-order valence-corrected chi connectivity index (χ0v) is 11.1. The van der Waals surface area contributed by atoms with Crippen molar-refractivity contribution in [2.45, 2.75) is 25.7 Å². The fourth-order valence-corrected chi connectivity index (χ4v) is 2.36. The van der Waals surface area contributed by atoms with Crippen LogP contribution >= 0.6 is 0 Å². The van der Waals surface area contributed by atoms with Crippen LogP contribution in [0.5, 0.6) is 5.75 Å². The minimum absolute atomic E-state index is 0.0436. The van der Waals surface area contributed by atoms with Gasteiger partial charge in [0.2, 0.25) is 0 Å². The molecule has 0 spiro atoms. The summed E-state index contributed by atoms with van der Waals surface area (Å²) in [6, 6.07) is 6.53. The van der Waals surface area contributed by atoms with Crippen molar-refractivity contribution < 1.29 is 9.66 Å². The van der Waals surface area contributed by atoms with Gasteiger partial charge in [0.05, 0.1) is 11.5 Å². The largest absolute Gasteiger partial charge is 0.487 e. The summed E-state index contributed by atoms with van der Waals surface area (Å²) in [5.74, 6) is 0.369. The minimum atomic E-state index is -0.403. The SMILES string of the molecule is O=[N+]([O-])c1ccccc1OCCCCN1CCCC1. The summed E-state index contributed by atoms with van der Waals surface area (Å²) >= 11 is 0. The van der Waals surface area contributed by atoms with Gasteiger partial charge in [0.1, 0.15) is 0 Å². The van der Waals surface area contributed by atoms with E-state index in [1.807, 2.05) is 0 Å². The molecule has 19 heavy (non-hydrogen) atoms. The number of ether oxygens (including phenoxy) is 1. The minimum Gasteiger partial charge on any atom is -0.487 e. The van der Waals surface area contributed by atoms with Gasteiger partial charge >= 0.3 is 5.69 Å². The van der Waals surface area contributed by atoms with Gasteiger partial charge in [0.25, 0.3) is 0 Å². The highest BCUT2D eigenvalue weighted by molar-refractivity contribution is 5.45. The second-order valence-electron chi connectivity index (χ2n) is 4.83. The molecule has 104 valence electrons. The Morgan fingerprint density at radius 2 is 1.95 bits per heavy atom. The molecule has 0 N–H and O–H groups in total. The average Bonchev–Trinajstić information content (AvgIpc) is 2.92. The number of para-hydroxylation sites is 2. The maximum absolute atomic E-state index is 10.8. The number of unbranched alkanes of at least 4 members (excludes halogenated alkanes) is 1. The van der Waals surface area contributed by atoms with E-state index in [0.29, 0.717) is 12.4 Å². The molecule has 1 fully saturated rings. The molecule has 0 unspecified atom stereocenters. The fraction of sp³-hybridized carbons (Fsp3) is 0.571. The van der Waals surface area contributed by atoms with Crippen LogP contribution in [0.3, 0.4) is 0 Å². The highest BCUT2D eigenvalue weighted by Gasteiger charge is 2.13. The van der Waals surface area contributed by atoms with E-state index in [1.165, 1.54) is 32.0 Å². The maximum Gasteiger partial charge on any atom is 0.310 e. The van der Waals surface area contributed by atoms with E-state index >= 15 is 0 Å². The lowest BCUT2D eigenvalue weighted by molar-refractivity contribution is -0.385. The van der Waals surface area contributed by atoms with Crippen LogP contribution in [0.25, 0.3) is 0 Å². The van der Waals surface area contributed by atoms with E-state index in [0.717, 1.165) is 19.4 Å². The zero-order chi connectivity index (χ0) is 13.5. The number of hydrogen-bond acceptors (Lipinski definition) is 4. The second kappa shape index (κ2) is 7.09. The van der Waals surface area contributed by atoms with Crippen molar-refractivity contribution in [2.24, 2.45) is 0 Å². The van der Waals surface area contributed by atoms with Crippen molar-refractivity contribution in [1.29, 1.82) is 0 Å². The van der Waals surface area contributed by atoms with Crippen molar-refractivity contribution in [3.8, 4) is 5.75 Å². The molecule has 5 nitrogen and oxygen atoms in total. The molecule has 0 atom stereocenters. The molecule has 1 heterocycles. The van der Waals surface area contributed by atoms with E-state index in [2.05, 4.69) is 4.90 Å². The summed E-state index contributed by atoms with van der Waals surface area (Å²) in [6.45, 7) is 4.08. The van der Waals surface area contributed by atoms with Crippen LogP contribution in [0, 0.1) is 10.1 Å². The van der Waals surface area contributed by atoms with Crippen molar-refractivity contribution in [3.63, 3.8) is 0 Å². The lowest BCUT2D eigenvalue weighted by atomic mass is 10.3. The molecule has 5 heteroatoms. The summed E-state index contributed by atoms with van der Waals surface area (Å²) in [5, 5.41) is 10.8. The predicted octanol–water partition coefficient (Wildman–Crippen LogP) is 2.85. The van der Waals surface area contributed by atoms with Crippen LogP contribution in [0.15, 0.2) is 24.3 Å². The Morgan fingerprint density at radius 1 is 1.21 bits per heavy atom. The number of nitrogens with zero attached hydrogens (tertiary/aromatic N) is 2. The quantitative estimate of drug-likeness (QED) is 0.431. The molecule has 2 rings (SSSR count). The first-order valence-corrected chi connectivity index (χ1v) is 6.86. The van der Waals surface area contributed by atoms with Crippen LogP contribution in [-0.2, 0) is 0 Å². The molecule has 1 aromatic rings. The van der Waals surface area contributed by atoms with Gasteiger partial charge in [-0.3, -0.25) is 10.1 Å². The number of rotatable bonds is 7. The van der Waals surface area contributed by atoms with Gasteiger partial charge in [0, 0.05) is 6.07 Å². The summed E-state index contributed by atoms with van der Waals surface area (Å²) in [4.78, 5) is 12.9. The Kier molecular flexibility index (Phi) is 5.15. The Bertz CT molecular complexity index is 417. The number of likely N-dealkylation sites (tertiary alicyclic amines) is 1. The number of nitro groups is 1. The first-order valence-electron chi connectivity index (χ1n) is 6.86. The number of hydrogen-bond donors (Lipinski definition) is 0. The van der Waals surface area contributed by atoms with Gasteiger partial charge < -0.3 is 9.64 Å². The first kappa shape index (κ1) is 13.8. The van der Waals surface area contributed by atoms with Gasteiger partial charge in [-0.25, -0.2) is 0 Å². The van der Waals surface area contributed by atoms with Gasteiger partial charge in [-0.15, -0.1) is 0 Å². The highest BCUT2D eigenvalue weighted by Crippen LogP contribution is 2.25. The van der Waals surface area contributed by atoms with Crippen LogP contribution in [0.1, 0.15) is 25.7 Å². The Balaban J connectivity index is 1.69. The van der Waals surface area contributed by atoms with E-state index in [9.17, 15) is 10.1 Å². The summed E-state index contributed by atoms with van der Waals surface area (Å²) < 4.78 is 5.50. The van der Waals surface area contributed by atoms with E-state index in [-0.39, 0.29) is 5.69 Å². The Morgan fingerprint density at radius 3 is 2.68 bits per heavy atom. The normalized spacial score (nSPS) is 15.6. The van der Waals surface area contributed by atoms with Crippen molar-refractivity contribution in [1.82, 2.24) is 4.90 Å². The first-order chi connectivity index (χ1) is 9.27. The molecular weight excluding hydrogens is 244 g/mol. The third-order valence-electron chi connectivity index (χ3n) is 3.39. The Hall–Kier alpha value is -1.62. The van der Waals surface area contributed by atoms with E-state index < -0.39 is 4.92 Å². The smallest absolute Gasteiger partial charge is 0.310 e. The number of benzene rings is 1. The van der Waals surface area contributed by atoms with Gasteiger partial charge in [-0.2, -0.15) is 0 Å². The molecular formula is C14H20N2O3.